The number of hydrogen-bond acceptors (Lipinski definition) is 3. The molecule has 1 aromatic carbocycles. The van der Waals surface area contributed by atoms with Crippen LogP contribution in [0.2, 0.25) is 0 Å². The minimum Gasteiger partial charge on any atom is -0.377 e. The highest BCUT2D eigenvalue weighted by Gasteiger charge is 2.29. The largest absolute Gasteiger partial charge is 0.377 e. The Bertz CT molecular complexity index is 774. The second-order valence-electron chi connectivity index (χ2n) is 10.5. The first kappa shape index (κ1) is 23.4. The van der Waals surface area contributed by atoms with Crippen LogP contribution in [0.5, 0.6) is 0 Å². The standard InChI is InChI=1S/C25H40N4O2/c1-25(2,3)27-24(31)29(21-12-7-6-8-13-21)17-19-16-20(14-15-22(19)28(4)5)26-23(30)18-10-9-11-18/h14-16,18,21H,6-13,17H2,1-5H3,(H,26,30)(H,27,31). The Labute approximate surface area is 187 Å². The summed E-state index contributed by atoms with van der Waals surface area (Å²) in [6, 6.07) is 6.31. The molecule has 3 rings (SSSR count). The van der Waals surface area contributed by atoms with Gasteiger partial charge in [0.05, 0.1) is 0 Å². The van der Waals surface area contributed by atoms with Gasteiger partial charge < -0.3 is 20.4 Å². The lowest BCUT2D eigenvalue weighted by molar-refractivity contribution is -0.122. The highest BCUT2D eigenvalue weighted by Crippen LogP contribution is 2.31. The van der Waals surface area contributed by atoms with Crippen LogP contribution in [-0.2, 0) is 11.3 Å². The number of nitrogens with zero attached hydrogens (tertiary/aromatic N) is 2. The molecule has 0 aliphatic heterocycles. The van der Waals surface area contributed by atoms with E-state index in [0.717, 1.165) is 49.0 Å². The molecule has 0 saturated heterocycles. The van der Waals surface area contributed by atoms with Crippen LogP contribution >= 0.6 is 0 Å². The van der Waals surface area contributed by atoms with Gasteiger partial charge in [0.2, 0.25) is 5.91 Å². The Balaban J connectivity index is 1.85. The average Bonchev–Trinajstić information content (AvgIpc) is 2.63. The van der Waals surface area contributed by atoms with E-state index < -0.39 is 0 Å². The van der Waals surface area contributed by atoms with Crippen molar-refractivity contribution in [3.05, 3.63) is 23.8 Å². The lowest BCUT2D eigenvalue weighted by Crippen LogP contribution is -2.52. The van der Waals surface area contributed by atoms with Crippen LogP contribution in [0.4, 0.5) is 16.2 Å². The molecule has 0 spiro atoms. The lowest BCUT2D eigenvalue weighted by Gasteiger charge is -2.37. The summed E-state index contributed by atoms with van der Waals surface area (Å²) in [5.41, 5.74) is 2.67. The molecule has 2 fully saturated rings. The molecule has 0 unspecified atom stereocenters. The Morgan fingerprint density at radius 2 is 1.68 bits per heavy atom. The molecule has 2 aliphatic rings. The van der Waals surface area contributed by atoms with Crippen LogP contribution in [0.3, 0.4) is 0 Å². The monoisotopic (exact) mass is 428 g/mol. The maximum atomic E-state index is 13.3. The predicted octanol–water partition coefficient (Wildman–Crippen LogP) is 5.13. The first-order chi connectivity index (χ1) is 14.6. The summed E-state index contributed by atoms with van der Waals surface area (Å²) in [6.45, 7) is 6.59. The molecule has 3 amide bonds. The van der Waals surface area contributed by atoms with Gasteiger partial charge in [-0.15, -0.1) is 0 Å². The highest BCUT2D eigenvalue weighted by atomic mass is 16.2. The number of nitrogens with one attached hydrogen (secondary N) is 2. The van der Waals surface area contributed by atoms with E-state index in [0.29, 0.717) is 6.54 Å². The van der Waals surface area contributed by atoms with E-state index in [1.807, 2.05) is 58.0 Å². The van der Waals surface area contributed by atoms with Gasteiger partial charge in [-0.2, -0.15) is 0 Å². The SMILES string of the molecule is CN(C)c1ccc(NC(=O)C2CCC2)cc1CN(C(=O)NC(C)(C)C)C1CCCCC1. The van der Waals surface area contributed by atoms with Crippen LogP contribution in [0.25, 0.3) is 0 Å². The fraction of sp³-hybridized carbons (Fsp3) is 0.680. The minimum atomic E-state index is -0.285. The summed E-state index contributed by atoms with van der Waals surface area (Å²) in [6.07, 6.45) is 8.79. The predicted molar refractivity (Wildman–Crippen MR) is 127 cm³/mol. The Morgan fingerprint density at radius 1 is 1.00 bits per heavy atom. The zero-order valence-electron chi connectivity index (χ0n) is 20.0. The zero-order chi connectivity index (χ0) is 22.6. The molecule has 0 atom stereocenters. The van der Waals surface area contributed by atoms with Gasteiger partial charge in [0, 0.05) is 49.5 Å². The zero-order valence-corrected chi connectivity index (χ0v) is 20.0. The van der Waals surface area contributed by atoms with Crippen molar-refractivity contribution in [2.45, 2.75) is 90.3 Å². The molecule has 6 nitrogen and oxygen atoms in total. The summed E-state index contributed by atoms with van der Waals surface area (Å²) in [5, 5.41) is 6.26. The normalized spacial score (nSPS) is 17.6. The summed E-state index contributed by atoms with van der Waals surface area (Å²) in [5.74, 6) is 0.262. The Morgan fingerprint density at radius 3 is 2.23 bits per heavy atom. The molecule has 0 aromatic heterocycles. The third-order valence-corrected chi connectivity index (χ3v) is 6.40. The molecular weight excluding hydrogens is 388 g/mol. The Hall–Kier alpha value is -2.24. The third kappa shape index (κ3) is 6.37. The van der Waals surface area contributed by atoms with E-state index >= 15 is 0 Å². The number of carbonyl (C=O) groups excluding carboxylic acids is 2. The summed E-state index contributed by atoms with van der Waals surface area (Å²) < 4.78 is 0. The number of urea groups is 1. The number of benzene rings is 1. The van der Waals surface area contributed by atoms with Gasteiger partial charge in [0.25, 0.3) is 0 Å². The van der Waals surface area contributed by atoms with Gasteiger partial charge in [-0.1, -0.05) is 25.7 Å². The van der Waals surface area contributed by atoms with Crippen molar-refractivity contribution >= 4 is 23.3 Å². The molecule has 2 N–H and O–H groups in total. The molecule has 31 heavy (non-hydrogen) atoms. The minimum absolute atomic E-state index is 0.00647. The van der Waals surface area contributed by atoms with E-state index in [-0.39, 0.29) is 29.4 Å². The summed E-state index contributed by atoms with van der Waals surface area (Å²) in [7, 11) is 4.04. The first-order valence-electron chi connectivity index (χ1n) is 11.8. The molecule has 1 aromatic rings. The van der Waals surface area contributed by atoms with Gasteiger partial charge >= 0.3 is 6.03 Å². The maximum Gasteiger partial charge on any atom is 0.318 e. The number of hydrogen-bond donors (Lipinski definition) is 2. The number of amides is 3. The molecule has 6 heteroatoms. The Kier molecular flexibility index (Phi) is 7.50. The second-order valence-corrected chi connectivity index (χ2v) is 10.5. The van der Waals surface area contributed by atoms with Crippen LogP contribution < -0.4 is 15.5 Å². The second kappa shape index (κ2) is 9.92. The number of carbonyl (C=O) groups is 2. The topological polar surface area (TPSA) is 64.7 Å². The summed E-state index contributed by atoms with van der Waals surface area (Å²) in [4.78, 5) is 29.8. The molecule has 0 bridgehead atoms. The summed E-state index contributed by atoms with van der Waals surface area (Å²) >= 11 is 0. The van der Waals surface area contributed by atoms with Crippen molar-refractivity contribution < 1.29 is 9.59 Å². The fourth-order valence-corrected chi connectivity index (χ4v) is 4.48. The van der Waals surface area contributed by atoms with Crippen molar-refractivity contribution in [2.75, 3.05) is 24.3 Å². The highest BCUT2D eigenvalue weighted by molar-refractivity contribution is 5.93. The lowest BCUT2D eigenvalue weighted by atomic mass is 9.85. The third-order valence-electron chi connectivity index (χ3n) is 6.40. The van der Waals surface area contributed by atoms with E-state index in [4.69, 9.17) is 0 Å². The molecular formula is C25H40N4O2. The van der Waals surface area contributed by atoms with Crippen molar-refractivity contribution in [2.24, 2.45) is 5.92 Å². The van der Waals surface area contributed by atoms with Gasteiger partial charge in [0.15, 0.2) is 0 Å². The van der Waals surface area contributed by atoms with Gasteiger partial charge in [-0.3, -0.25) is 4.79 Å². The maximum absolute atomic E-state index is 13.3. The van der Waals surface area contributed by atoms with Crippen molar-refractivity contribution in [1.82, 2.24) is 10.2 Å². The van der Waals surface area contributed by atoms with E-state index in [1.54, 1.807) is 0 Å². The van der Waals surface area contributed by atoms with Crippen molar-refractivity contribution in [3.8, 4) is 0 Å². The smallest absolute Gasteiger partial charge is 0.318 e. The van der Waals surface area contributed by atoms with Crippen molar-refractivity contribution in [3.63, 3.8) is 0 Å². The fourth-order valence-electron chi connectivity index (χ4n) is 4.48. The quantitative estimate of drug-likeness (QED) is 0.660. The van der Waals surface area contributed by atoms with Crippen LogP contribution in [0.1, 0.15) is 77.7 Å². The van der Waals surface area contributed by atoms with Crippen LogP contribution in [0, 0.1) is 5.92 Å². The van der Waals surface area contributed by atoms with Gasteiger partial charge in [-0.25, -0.2) is 4.79 Å². The first-order valence-corrected chi connectivity index (χ1v) is 11.8. The van der Waals surface area contributed by atoms with E-state index in [1.165, 1.54) is 19.3 Å². The molecule has 2 aliphatic carbocycles. The van der Waals surface area contributed by atoms with Gasteiger partial charge in [0.1, 0.15) is 0 Å². The average molecular weight is 429 g/mol. The number of anilines is 2. The molecule has 2 saturated carbocycles. The molecule has 172 valence electrons. The number of rotatable bonds is 6. The molecule has 0 radical (unpaired) electrons. The van der Waals surface area contributed by atoms with Crippen LogP contribution in [0.15, 0.2) is 18.2 Å². The van der Waals surface area contributed by atoms with Crippen LogP contribution in [-0.4, -0.2) is 42.5 Å². The van der Waals surface area contributed by atoms with Gasteiger partial charge in [-0.05, 0) is 70.2 Å². The van der Waals surface area contributed by atoms with Crippen molar-refractivity contribution in [1.29, 1.82) is 0 Å². The molecule has 0 heterocycles. The van der Waals surface area contributed by atoms with E-state index in [9.17, 15) is 9.59 Å². The van der Waals surface area contributed by atoms with E-state index in [2.05, 4.69) is 15.5 Å².